The lowest BCUT2D eigenvalue weighted by atomic mass is 10.0. The summed E-state index contributed by atoms with van der Waals surface area (Å²) < 4.78 is 2.07. The highest BCUT2D eigenvalue weighted by atomic mass is 32.1. The molecule has 3 N–H and O–H groups in total. The van der Waals surface area contributed by atoms with E-state index in [1.165, 1.54) is 5.56 Å². The number of primary amides is 1. The molecule has 0 saturated carbocycles. The standard InChI is InChI=1S/C25H22N2O3S/c1-16-14-19(25(26)30)6-9-22(16)27-21(8-11-24(28)29)7-10-23(27)18-4-2-17(3-5-18)20-12-13-31-15-20/h2-7,9-10,12-15H,8,11H2,1H3,(H2,26,30)(H,28,29). The van der Waals surface area contributed by atoms with E-state index in [-0.39, 0.29) is 6.42 Å². The molecule has 0 fully saturated rings. The van der Waals surface area contributed by atoms with E-state index in [1.807, 2.05) is 25.1 Å². The lowest BCUT2D eigenvalue weighted by Gasteiger charge is -2.17. The summed E-state index contributed by atoms with van der Waals surface area (Å²) in [6.45, 7) is 1.92. The molecule has 2 aromatic carbocycles. The van der Waals surface area contributed by atoms with Crippen molar-refractivity contribution >= 4 is 23.2 Å². The van der Waals surface area contributed by atoms with Gasteiger partial charge in [0.05, 0.1) is 12.1 Å². The van der Waals surface area contributed by atoms with Gasteiger partial charge in [-0.1, -0.05) is 24.3 Å². The Morgan fingerprint density at radius 2 is 1.71 bits per heavy atom. The van der Waals surface area contributed by atoms with Crippen LogP contribution < -0.4 is 5.73 Å². The minimum absolute atomic E-state index is 0.0406. The lowest BCUT2D eigenvalue weighted by molar-refractivity contribution is -0.136. The Morgan fingerprint density at radius 1 is 0.968 bits per heavy atom. The van der Waals surface area contributed by atoms with Crippen LogP contribution in [0.15, 0.2) is 71.4 Å². The van der Waals surface area contributed by atoms with Crippen molar-refractivity contribution < 1.29 is 14.7 Å². The van der Waals surface area contributed by atoms with Gasteiger partial charge in [0.25, 0.3) is 0 Å². The Morgan fingerprint density at radius 3 is 2.32 bits per heavy atom. The van der Waals surface area contributed by atoms with Gasteiger partial charge in [0.15, 0.2) is 0 Å². The molecule has 0 aliphatic carbocycles. The van der Waals surface area contributed by atoms with Crippen LogP contribution in [0.25, 0.3) is 28.1 Å². The van der Waals surface area contributed by atoms with Gasteiger partial charge < -0.3 is 15.4 Å². The van der Waals surface area contributed by atoms with E-state index in [0.29, 0.717) is 12.0 Å². The molecule has 1 amide bonds. The van der Waals surface area contributed by atoms with Gasteiger partial charge in [-0.3, -0.25) is 9.59 Å². The van der Waals surface area contributed by atoms with E-state index in [0.717, 1.165) is 33.8 Å². The molecular formula is C25H22N2O3S. The summed E-state index contributed by atoms with van der Waals surface area (Å²) in [6.07, 6.45) is 0.443. The molecule has 156 valence electrons. The zero-order chi connectivity index (χ0) is 22.0. The third kappa shape index (κ3) is 4.29. The zero-order valence-electron chi connectivity index (χ0n) is 17.0. The summed E-state index contributed by atoms with van der Waals surface area (Å²) in [7, 11) is 0. The quantitative estimate of drug-likeness (QED) is 0.417. The first-order chi connectivity index (χ1) is 14.9. The number of hydrogen-bond acceptors (Lipinski definition) is 3. The highest BCUT2D eigenvalue weighted by Gasteiger charge is 2.16. The van der Waals surface area contributed by atoms with E-state index >= 15 is 0 Å². The maximum atomic E-state index is 11.6. The lowest BCUT2D eigenvalue weighted by Crippen LogP contribution is -2.12. The maximum absolute atomic E-state index is 11.6. The van der Waals surface area contributed by atoms with E-state index in [4.69, 9.17) is 5.73 Å². The molecule has 0 aliphatic rings. The van der Waals surface area contributed by atoms with Crippen molar-refractivity contribution in [2.75, 3.05) is 0 Å². The number of carboxylic acids is 1. The van der Waals surface area contributed by atoms with Gasteiger partial charge >= 0.3 is 5.97 Å². The van der Waals surface area contributed by atoms with Crippen molar-refractivity contribution in [3.8, 4) is 28.1 Å². The third-order valence-electron chi connectivity index (χ3n) is 5.31. The average Bonchev–Trinajstić information content (AvgIpc) is 3.42. The van der Waals surface area contributed by atoms with Crippen LogP contribution in [0, 0.1) is 6.92 Å². The number of hydrogen-bond donors (Lipinski definition) is 2. The molecule has 0 unspecified atom stereocenters. The summed E-state index contributed by atoms with van der Waals surface area (Å²) >= 11 is 1.67. The van der Waals surface area contributed by atoms with Gasteiger partial charge in [0.1, 0.15) is 0 Å². The predicted octanol–water partition coefficient (Wildman–Crippen LogP) is 5.30. The van der Waals surface area contributed by atoms with Crippen LogP contribution in [0.1, 0.15) is 28.0 Å². The summed E-state index contributed by atoms with van der Waals surface area (Å²) in [5, 5.41) is 13.3. The van der Waals surface area contributed by atoms with E-state index in [9.17, 15) is 14.7 Å². The zero-order valence-corrected chi connectivity index (χ0v) is 17.9. The Bertz CT molecular complexity index is 1240. The topological polar surface area (TPSA) is 85.3 Å². The van der Waals surface area contributed by atoms with Gasteiger partial charge in [-0.05, 0) is 82.8 Å². The minimum atomic E-state index is -0.838. The van der Waals surface area contributed by atoms with Gasteiger partial charge in [0.2, 0.25) is 5.91 Å². The summed E-state index contributed by atoms with van der Waals surface area (Å²) in [6, 6.07) is 19.7. The van der Waals surface area contributed by atoms with Crippen molar-refractivity contribution in [3.63, 3.8) is 0 Å². The van der Waals surface area contributed by atoms with Crippen LogP contribution >= 0.6 is 11.3 Å². The molecule has 0 spiro atoms. The molecule has 31 heavy (non-hydrogen) atoms. The highest BCUT2D eigenvalue weighted by Crippen LogP contribution is 2.31. The fourth-order valence-corrected chi connectivity index (χ4v) is 4.41. The number of carbonyl (C=O) groups excluding carboxylic acids is 1. The number of carbonyl (C=O) groups is 2. The average molecular weight is 431 g/mol. The van der Waals surface area contributed by atoms with Crippen LogP contribution in [0.4, 0.5) is 0 Å². The second kappa shape index (κ2) is 8.62. The Kier molecular flexibility index (Phi) is 5.73. The summed E-state index contributed by atoms with van der Waals surface area (Å²) in [5.74, 6) is -1.31. The number of aromatic nitrogens is 1. The molecule has 2 heterocycles. The van der Waals surface area contributed by atoms with Gasteiger partial charge in [-0.15, -0.1) is 0 Å². The minimum Gasteiger partial charge on any atom is -0.481 e. The van der Waals surface area contributed by atoms with Crippen molar-refractivity contribution in [2.45, 2.75) is 19.8 Å². The van der Waals surface area contributed by atoms with E-state index < -0.39 is 11.9 Å². The number of thiophene rings is 1. The van der Waals surface area contributed by atoms with Crippen LogP contribution in [0.3, 0.4) is 0 Å². The SMILES string of the molecule is Cc1cc(C(N)=O)ccc1-n1c(CCC(=O)O)ccc1-c1ccc(-c2ccsc2)cc1. The highest BCUT2D eigenvalue weighted by molar-refractivity contribution is 7.08. The molecule has 5 nitrogen and oxygen atoms in total. The fourth-order valence-electron chi connectivity index (χ4n) is 3.74. The first-order valence-corrected chi connectivity index (χ1v) is 10.8. The van der Waals surface area contributed by atoms with Gasteiger partial charge in [0, 0.05) is 16.9 Å². The summed E-state index contributed by atoms with van der Waals surface area (Å²) in [4.78, 5) is 22.7. The number of nitrogens with two attached hydrogens (primary N) is 1. The molecule has 0 aliphatic heterocycles. The molecule has 0 radical (unpaired) electrons. The molecule has 6 heteroatoms. The fraction of sp³-hybridized carbons (Fsp3) is 0.120. The molecule has 4 rings (SSSR count). The number of nitrogens with zero attached hydrogens (tertiary/aromatic N) is 1. The third-order valence-corrected chi connectivity index (χ3v) is 6.00. The molecule has 2 aromatic heterocycles. The number of rotatable bonds is 7. The van der Waals surface area contributed by atoms with Gasteiger partial charge in [-0.2, -0.15) is 11.3 Å². The number of aryl methyl sites for hydroxylation is 2. The van der Waals surface area contributed by atoms with Crippen molar-refractivity contribution in [1.29, 1.82) is 0 Å². The first-order valence-electron chi connectivity index (χ1n) is 9.90. The van der Waals surface area contributed by atoms with Crippen molar-refractivity contribution in [2.24, 2.45) is 5.73 Å². The van der Waals surface area contributed by atoms with Crippen molar-refractivity contribution in [1.82, 2.24) is 4.57 Å². The second-order valence-electron chi connectivity index (χ2n) is 7.39. The number of benzene rings is 2. The van der Waals surface area contributed by atoms with Crippen LogP contribution in [-0.4, -0.2) is 21.6 Å². The van der Waals surface area contributed by atoms with Crippen molar-refractivity contribution in [3.05, 3.63) is 88.2 Å². The second-order valence-corrected chi connectivity index (χ2v) is 8.17. The van der Waals surface area contributed by atoms with Crippen LogP contribution in [0.5, 0.6) is 0 Å². The molecule has 0 saturated heterocycles. The van der Waals surface area contributed by atoms with Gasteiger partial charge in [-0.25, -0.2) is 0 Å². The van der Waals surface area contributed by atoms with Crippen LogP contribution in [0.2, 0.25) is 0 Å². The Hall–Kier alpha value is -3.64. The Labute approximate surface area is 184 Å². The van der Waals surface area contributed by atoms with Crippen LogP contribution in [-0.2, 0) is 11.2 Å². The smallest absolute Gasteiger partial charge is 0.303 e. The van der Waals surface area contributed by atoms with E-state index in [1.54, 1.807) is 23.5 Å². The largest absolute Gasteiger partial charge is 0.481 e. The number of aliphatic carboxylic acids is 1. The Balaban J connectivity index is 1.80. The number of carboxylic acid groups (broad SMARTS) is 1. The molecular weight excluding hydrogens is 408 g/mol. The molecule has 4 aromatic rings. The molecule has 0 bridgehead atoms. The monoisotopic (exact) mass is 430 g/mol. The maximum Gasteiger partial charge on any atom is 0.303 e. The van der Waals surface area contributed by atoms with E-state index in [2.05, 4.69) is 45.7 Å². The predicted molar refractivity (Wildman–Crippen MR) is 124 cm³/mol. The first kappa shape index (κ1) is 20.6. The summed E-state index contributed by atoms with van der Waals surface area (Å²) in [5.41, 5.74) is 12.9. The number of amides is 1. The molecule has 0 atom stereocenters. The normalized spacial score (nSPS) is 10.9.